The van der Waals surface area contributed by atoms with Crippen molar-refractivity contribution in [3.05, 3.63) is 35.9 Å². The van der Waals surface area contributed by atoms with Crippen molar-refractivity contribution in [2.75, 3.05) is 6.54 Å². The van der Waals surface area contributed by atoms with Crippen molar-refractivity contribution in [1.82, 2.24) is 5.32 Å². The third kappa shape index (κ3) is 2.99. The normalized spacial score (nSPS) is 17.9. The summed E-state index contributed by atoms with van der Waals surface area (Å²) in [6.45, 7) is 0.274. The Hall–Kier alpha value is -1.88. The Balaban J connectivity index is 2.03. The number of nitrogens with one attached hydrogen (secondary N) is 1. The van der Waals surface area contributed by atoms with Gasteiger partial charge in [-0.2, -0.15) is 0 Å². The Morgan fingerprint density at radius 3 is 2.40 bits per heavy atom. The van der Waals surface area contributed by atoms with Gasteiger partial charge >= 0.3 is 5.97 Å². The summed E-state index contributed by atoms with van der Waals surface area (Å²) in [6, 6.07) is 8.37. The topological polar surface area (TPSA) is 92.4 Å². The molecule has 1 aromatic carbocycles. The Morgan fingerprint density at radius 1 is 1.30 bits per heavy atom. The summed E-state index contributed by atoms with van der Waals surface area (Å²) in [6.07, 6.45) is 2.74. The SMILES string of the molecule is NCC1(C(=O)N[C@@H](Cc2ccccc2)C(=O)O)CCC1. The fourth-order valence-corrected chi connectivity index (χ4v) is 2.49. The fraction of sp³-hybridized carbons (Fsp3) is 0.467. The molecule has 1 aliphatic rings. The summed E-state index contributed by atoms with van der Waals surface area (Å²) in [5.74, 6) is -1.25. The molecule has 0 heterocycles. The van der Waals surface area contributed by atoms with Crippen LogP contribution in [0.15, 0.2) is 30.3 Å². The highest BCUT2D eigenvalue weighted by atomic mass is 16.4. The molecule has 0 unspecified atom stereocenters. The number of hydrogen-bond donors (Lipinski definition) is 3. The molecule has 1 saturated carbocycles. The van der Waals surface area contributed by atoms with Crippen molar-refractivity contribution in [1.29, 1.82) is 0 Å². The zero-order valence-electron chi connectivity index (χ0n) is 11.3. The van der Waals surface area contributed by atoms with E-state index < -0.39 is 17.4 Å². The van der Waals surface area contributed by atoms with E-state index in [9.17, 15) is 14.7 Å². The van der Waals surface area contributed by atoms with Crippen LogP contribution >= 0.6 is 0 Å². The average molecular weight is 276 g/mol. The molecule has 0 radical (unpaired) electrons. The molecule has 0 aliphatic heterocycles. The van der Waals surface area contributed by atoms with Gasteiger partial charge in [0.15, 0.2) is 0 Å². The molecule has 0 aromatic heterocycles. The smallest absolute Gasteiger partial charge is 0.326 e. The van der Waals surface area contributed by atoms with Crippen LogP contribution in [-0.2, 0) is 16.0 Å². The standard InChI is InChI=1S/C15H20N2O3/c16-10-15(7-4-8-15)14(20)17-12(13(18)19)9-11-5-2-1-3-6-11/h1-3,5-6,12H,4,7-10,16H2,(H,17,20)(H,18,19)/t12-/m0/s1. The van der Waals surface area contributed by atoms with Gasteiger partial charge in [0.2, 0.25) is 5.91 Å². The number of amides is 1. The number of aliphatic carboxylic acids is 1. The van der Waals surface area contributed by atoms with Gasteiger partial charge in [-0.3, -0.25) is 4.79 Å². The third-order valence-electron chi connectivity index (χ3n) is 4.07. The molecule has 0 saturated heterocycles. The average Bonchev–Trinajstić information content (AvgIpc) is 2.38. The number of rotatable bonds is 6. The zero-order chi connectivity index (χ0) is 14.6. The zero-order valence-corrected chi connectivity index (χ0v) is 11.3. The molecule has 1 fully saturated rings. The summed E-state index contributed by atoms with van der Waals surface area (Å²) >= 11 is 0. The van der Waals surface area contributed by atoms with E-state index in [1.54, 1.807) is 0 Å². The summed E-state index contributed by atoms with van der Waals surface area (Å²) < 4.78 is 0. The van der Waals surface area contributed by atoms with Gasteiger partial charge in [-0.05, 0) is 18.4 Å². The van der Waals surface area contributed by atoms with Crippen molar-refractivity contribution < 1.29 is 14.7 Å². The largest absolute Gasteiger partial charge is 0.480 e. The number of carbonyl (C=O) groups excluding carboxylic acids is 1. The van der Waals surface area contributed by atoms with Crippen LogP contribution in [0.3, 0.4) is 0 Å². The van der Waals surface area contributed by atoms with E-state index >= 15 is 0 Å². The van der Waals surface area contributed by atoms with Gasteiger partial charge in [0.1, 0.15) is 6.04 Å². The maximum absolute atomic E-state index is 12.2. The molecule has 108 valence electrons. The van der Waals surface area contributed by atoms with Gasteiger partial charge in [0.05, 0.1) is 5.41 Å². The van der Waals surface area contributed by atoms with Gasteiger partial charge in [-0.1, -0.05) is 36.8 Å². The van der Waals surface area contributed by atoms with Crippen molar-refractivity contribution >= 4 is 11.9 Å². The highest BCUT2D eigenvalue weighted by molar-refractivity contribution is 5.88. The Bertz CT molecular complexity index is 478. The molecular weight excluding hydrogens is 256 g/mol. The summed E-state index contributed by atoms with van der Waals surface area (Å²) in [5, 5.41) is 11.9. The van der Waals surface area contributed by atoms with E-state index in [1.165, 1.54) is 0 Å². The number of nitrogens with two attached hydrogens (primary N) is 1. The van der Waals surface area contributed by atoms with Crippen LogP contribution in [0, 0.1) is 5.41 Å². The molecule has 1 aliphatic carbocycles. The monoisotopic (exact) mass is 276 g/mol. The lowest BCUT2D eigenvalue weighted by Crippen LogP contribution is -2.54. The van der Waals surface area contributed by atoms with Gasteiger partial charge in [-0.25, -0.2) is 4.79 Å². The number of carbonyl (C=O) groups is 2. The molecular formula is C15H20N2O3. The second-order valence-electron chi connectivity index (χ2n) is 5.39. The van der Waals surface area contributed by atoms with Crippen LogP contribution in [0.2, 0.25) is 0 Å². The predicted octanol–water partition coefficient (Wildman–Crippen LogP) is 0.928. The van der Waals surface area contributed by atoms with E-state index in [0.717, 1.165) is 24.8 Å². The summed E-state index contributed by atoms with van der Waals surface area (Å²) in [4.78, 5) is 23.5. The molecule has 4 N–H and O–H groups in total. The van der Waals surface area contributed by atoms with E-state index in [2.05, 4.69) is 5.32 Å². The molecule has 0 bridgehead atoms. The van der Waals surface area contributed by atoms with Crippen molar-refractivity contribution in [3.8, 4) is 0 Å². The van der Waals surface area contributed by atoms with E-state index in [0.29, 0.717) is 0 Å². The quantitative estimate of drug-likeness (QED) is 0.720. The second-order valence-corrected chi connectivity index (χ2v) is 5.39. The molecule has 5 nitrogen and oxygen atoms in total. The highest BCUT2D eigenvalue weighted by Gasteiger charge is 2.43. The fourth-order valence-electron chi connectivity index (χ4n) is 2.49. The first kappa shape index (κ1) is 14.5. The van der Waals surface area contributed by atoms with Crippen LogP contribution in [0.5, 0.6) is 0 Å². The van der Waals surface area contributed by atoms with Crippen molar-refractivity contribution in [2.45, 2.75) is 31.7 Å². The first-order valence-electron chi connectivity index (χ1n) is 6.85. The lowest BCUT2D eigenvalue weighted by molar-refractivity contribution is -0.145. The number of carboxylic acid groups (broad SMARTS) is 1. The van der Waals surface area contributed by atoms with Crippen molar-refractivity contribution in [3.63, 3.8) is 0 Å². The van der Waals surface area contributed by atoms with Crippen molar-refractivity contribution in [2.24, 2.45) is 11.1 Å². The maximum atomic E-state index is 12.2. The summed E-state index contributed by atoms with van der Waals surface area (Å²) in [5.41, 5.74) is 6.00. The predicted molar refractivity (Wildman–Crippen MR) is 75.1 cm³/mol. The number of hydrogen-bond acceptors (Lipinski definition) is 3. The number of carboxylic acids is 1. The first-order chi connectivity index (χ1) is 9.57. The Morgan fingerprint density at radius 2 is 1.95 bits per heavy atom. The molecule has 1 atom stereocenters. The van der Waals surface area contributed by atoms with Gasteiger partial charge in [-0.15, -0.1) is 0 Å². The molecule has 2 rings (SSSR count). The number of benzene rings is 1. The second kappa shape index (κ2) is 6.05. The third-order valence-corrected chi connectivity index (χ3v) is 4.07. The van der Waals surface area contributed by atoms with E-state index in [1.807, 2.05) is 30.3 Å². The molecule has 20 heavy (non-hydrogen) atoms. The summed E-state index contributed by atoms with van der Waals surface area (Å²) in [7, 11) is 0. The maximum Gasteiger partial charge on any atom is 0.326 e. The first-order valence-corrected chi connectivity index (χ1v) is 6.85. The lowest BCUT2D eigenvalue weighted by Gasteiger charge is -2.39. The minimum atomic E-state index is -1.02. The van der Waals surface area contributed by atoms with E-state index in [-0.39, 0.29) is 18.9 Å². The van der Waals surface area contributed by atoms with Gasteiger partial charge in [0, 0.05) is 13.0 Å². The van der Waals surface area contributed by atoms with Gasteiger partial charge < -0.3 is 16.2 Å². The minimum absolute atomic E-state index is 0.227. The molecule has 0 spiro atoms. The lowest BCUT2D eigenvalue weighted by atomic mass is 9.68. The molecule has 1 amide bonds. The van der Waals surface area contributed by atoms with E-state index in [4.69, 9.17) is 5.73 Å². The molecule has 1 aromatic rings. The van der Waals surface area contributed by atoms with Crippen LogP contribution in [-0.4, -0.2) is 29.6 Å². The highest BCUT2D eigenvalue weighted by Crippen LogP contribution is 2.40. The van der Waals surface area contributed by atoms with Crippen LogP contribution in [0.1, 0.15) is 24.8 Å². The molecule has 5 heteroatoms. The van der Waals surface area contributed by atoms with Crippen LogP contribution in [0.25, 0.3) is 0 Å². The minimum Gasteiger partial charge on any atom is -0.480 e. The van der Waals surface area contributed by atoms with Crippen LogP contribution in [0.4, 0.5) is 0 Å². The Kier molecular flexibility index (Phi) is 4.39. The van der Waals surface area contributed by atoms with Gasteiger partial charge in [0.25, 0.3) is 0 Å². The Labute approximate surface area is 118 Å². The van der Waals surface area contributed by atoms with Crippen LogP contribution < -0.4 is 11.1 Å².